The van der Waals surface area contributed by atoms with E-state index in [0.717, 1.165) is 25.7 Å². The van der Waals surface area contributed by atoms with Crippen LogP contribution in [0.5, 0.6) is 0 Å². The van der Waals surface area contributed by atoms with E-state index in [1.165, 1.54) is 0 Å². The molecule has 4 heterocycles. The first-order valence-corrected chi connectivity index (χ1v) is 24.4. The van der Waals surface area contributed by atoms with Gasteiger partial charge in [-0.1, -0.05) is 27.7 Å². The number of rotatable bonds is 10. The van der Waals surface area contributed by atoms with Crippen molar-refractivity contribution in [3.63, 3.8) is 0 Å². The number of hydrogen-bond donors (Lipinski definition) is 12. The fraction of sp³-hybridized carbons (Fsp3) is 1.00. The predicted molar refractivity (Wildman–Crippen MR) is 226 cm³/mol. The maximum Gasteiger partial charge on any atom is 0.187 e. The smallest absolute Gasteiger partial charge is 0.187 e. The zero-order chi connectivity index (χ0) is 48.1. The number of hydrogen-bond acceptors (Lipinski definition) is 19. The number of aliphatic hydroxyl groups is 12. The molecule has 9 aliphatic rings. The van der Waals surface area contributed by atoms with Crippen LogP contribution in [0, 0.1) is 44.8 Å². The van der Waals surface area contributed by atoms with E-state index >= 15 is 0 Å². The Morgan fingerprint density at radius 2 is 1.21 bits per heavy atom. The standard InChI is InChI=1S/C47H78O19/c1-41(2)26(63-40-35(28(53)22(52)18-60-40)64-38-33(58)31(56)29(54)23(16-48)61-38)9-11-47-19-46(47)13-12-43(5)37(21(51)15-44(43,6)25(46)14-20(50)36(41)47)45(7)10-8-27(65-45)42(3,4)66-39-34(59)32(57)30(55)24(17-49)62-39/h20-40,48-59H,8-19H2,1-7H3. The van der Waals surface area contributed by atoms with Crippen LogP contribution in [0.15, 0.2) is 0 Å². The number of aliphatic hydroxyl groups excluding tert-OH is 12. The molecular formula is C47H78O19. The zero-order valence-corrected chi connectivity index (χ0v) is 39.3. The first-order chi connectivity index (χ1) is 30.8. The molecule has 66 heavy (non-hydrogen) atoms. The van der Waals surface area contributed by atoms with Crippen LogP contribution in [0.25, 0.3) is 0 Å². The lowest BCUT2D eigenvalue weighted by molar-refractivity contribution is -0.366. The highest BCUT2D eigenvalue weighted by Crippen LogP contribution is 2.89. The summed E-state index contributed by atoms with van der Waals surface area (Å²) < 4.78 is 43.2. The number of fused-ring (bicyclic) bond motifs is 2. The van der Waals surface area contributed by atoms with Crippen LogP contribution >= 0.6 is 0 Å². The Labute approximate surface area is 386 Å². The SMILES string of the molecule is CC(C)(OC1OC(CO)C(O)C(O)C1O)C1CCC(C)(C2C(O)CC3(C)C4CC(O)C5C(C)(C)C(OC6OCC(O)C(O)C6OC6OC(CO)C(O)C(O)C6O)CCC56CC46CCC23C)O1. The van der Waals surface area contributed by atoms with Crippen molar-refractivity contribution in [2.45, 2.75) is 228 Å². The number of ether oxygens (including phenoxy) is 7. The summed E-state index contributed by atoms with van der Waals surface area (Å²) in [5.74, 6) is -0.293. The highest BCUT2D eigenvalue weighted by molar-refractivity contribution is 5.33. The molecule has 9 fully saturated rings. The van der Waals surface area contributed by atoms with Crippen molar-refractivity contribution in [2.75, 3.05) is 19.8 Å². The summed E-state index contributed by atoms with van der Waals surface area (Å²) in [6.45, 7) is 13.0. The molecule has 380 valence electrons. The van der Waals surface area contributed by atoms with Crippen LogP contribution in [0.2, 0.25) is 0 Å². The summed E-state index contributed by atoms with van der Waals surface area (Å²) >= 11 is 0. The first kappa shape index (κ1) is 50.2. The van der Waals surface area contributed by atoms with Gasteiger partial charge in [0.1, 0.15) is 67.1 Å². The fourth-order valence-corrected chi connectivity index (χ4v) is 16.4. The molecule has 5 saturated carbocycles. The normalized spacial score (nSPS) is 58.0. The van der Waals surface area contributed by atoms with Gasteiger partial charge in [0.05, 0.1) is 55.4 Å². The molecule has 0 amide bonds. The van der Waals surface area contributed by atoms with Crippen molar-refractivity contribution in [3.8, 4) is 0 Å². The Morgan fingerprint density at radius 1 is 0.591 bits per heavy atom. The van der Waals surface area contributed by atoms with E-state index in [1.807, 2.05) is 13.8 Å². The zero-order valence-electron chi connectivity index (χ0n) is 39.3. The van der Waals surface area contributed by atoms with Crippen molar-refractivity contribution in [2.24, 2.45) is 44.8 Å². The van der Waals surface area contributed by atoms with Crippen molar-refractivity contribution in [1.82, 2.24) is 0 Å². The monoisotopic (exact) mass is 947 g/mol. The Hall–Kier alpha value is -0.760. The van der Waals surface area contributed by atoms with E-state index in [2.05, 4.69) is 34.6 Å². The van der Waals surface area contributed by atoms with Crippen LogP contribution in [0.4, 0.5) is 0 Å². The molecule has 5 aliphatic carbocycles. The van der Waals surface area contributed by atoms with Crippen molar-refractivity contribution in [1.29, 1.82) is 0 Å². The van der Waals surface area contributed by atoms with E-state index in [1.54, 1.807) is 0 Å². The van der Waals surface area contributed by atoms with Crippen LogP contribution < -0.4 is 0 Å². The van der Waals surface area contributed by atoms with Crippen LogP contribution in [0.3, 0.4) is 0 Å². The maximum absolute atomic E-state index is 12.5. The molecule has 26 atom stereocenters. The highest BCUT2D eigenvalue weighted by Gasteiger charge is 2.85. The second-order valence-electron chi connectivity index (χ2n) is 23.8. The first-order valence-electron chi connectivity index (χ1n) is 24.4. The summed E-state index contributed by atoms with van der Waals surface area (Å²) in [5, 5.41) is 129. The molecule has 4 aliphatic heterocycles. The van der Waals surface area contributed by atoms with Crippen LogP contribution in [-0.2, 0) is 33.2 Å². The molecule has 0 aromatic rings. The lowest BCUT2D eigenvalue weighted by Crippen LogP contribution is -2.64. The molecule has 0 aromatic carbocycles. The van der Waals surface area contributed by atoms with Crippen molar-refractivity contribution < 1.29 is 94.4 Å². The molecule has 4 saturated heterocycles. The average molecular weight is 947 g/mol. The van der Waals surface area contributed by atoms with Gasteiger partial charge in [0.15, 0.2) is 18.9 Å². The summed E-state index contributed by atoms with van der Waals surface area (Å²) in [7, 11) is 0. The van der Waals surface area contributed by atoms with Gasteiger partial charge in [-0.15, -0.1) is 0 Å². The summed E-state index contributed by atoms with van der Waals surface area (Å²) in [5.41, 5.74) is -3.37. The largest absolute Gasteiger partial charge is 0.394 e. The highest BCUT2D eigenvalue weighted by atomic mass is 16.8. The van der Waals surface area contributed by atoms with E-state index in [-0.39, 0.29) is 46.0 Å². The minimum Gasteiger partial charge on any atom is -0.394 e. The minimum absolute atomic E-state index is 0.0698. The molecule has 12 N–H and O–H groups in total. The third kappa shape index (κ3) is 7.22. The quantitative estimate of drug-likeness (QED) is 0.112. The lowest BCUT2D eigenvalue weighted by Gasteiger charge is -2.64. The third-order valence-electron chi connectivity index (χ3n) is 19.9. The Morgan fingerprint density at radius 3 is 1.85 bits per heavy atom. The topological polar surface area (TPSA) is 307 Å². The molecule has 26 unspecified atom stereocenters. The van der Waals surface area contributed by atoms with Gasteiger partial charge in [-0.3, -0.25) is 0 Å². The van der Waals surface area contributed by atoms with E-state index < -0.39 is 140 Å². The summed E-state index contributed by atoms with van der Waals surface area (Å²) in [6.07, 6.45) is -16.5. The van der Waals surface area contributed by atoms with Crippen LogP contribution in [-0.4, -0.2) is 203 Å². The molecule has 0 radical (unpaired) electrons. The Balaban J connectivity index is 0.907. The molecule has 19 heteroatoms. The molecule has 19 nitrogen and oxygen atoms in total. The molecular weight excluding hydrogens is 868 g/mol. The molecule has 2 spiro atoms. The van der Waals surface area contributed by atoms with E-state index in [9.17, 15) is 61.3 Å². The second kappa shape index (κ2) is 16.9. The minimum atomic E-state index is -1.75. The van der Waals surface area contributed by atoms with Crippen molar-refractivity contribution in [3.05, 3.63) is 0 Å². The predicted octanol–water partition coefficient (Wildman–Crippen LogP) is -1.45. The summed E-state index contributed by atoms with van der Waals surface area (Å²) in [4.78, 5) is 0. The lowest BCUT2D eigenvalue weighted by atomic mass is 9.41. The molecule has 0 bridgehead atoms. The van der Waals surface area contributed by atoms with Crippen LogP contribution in [0.1, 0.15) is 106 Å². The van der Waals surface area contributed by atoms with Gasteiger partial charge in [0.2, 0.25) is 0 Å². The van der Waals surface area contributed by atoms with E-state index in [0.29, 0.717) is 32.1 Å². The third-order valence-corrected chi connectivity index (χ3v) is 19.9. The maximum atomic E-state index is 12.5. The van der Waals surface area contributed by atoms with Gasteiger partial charge in [-0.2, -0.15) is 0 Å². The van der Waals surface area contributed by atoms with Gasteiger partial charge in [0, 0.05) is 5.92 Å². The fourth-order valence-electron chi connectivity index (χ4n) is 16.4. The van der Waals surface area contributed by atoms with Gasteiger partial charge in [-0.05, 0) is 117 Å². The average Bonchev–Trinajstić information content (AvgIpc) is 3.61. The molecule has 9 rings (SSSR count). The van der Waals surface area contributed by atoms with Gasteiger partial charge in [0.25, 0.3) is 0 Å². The van der Waals surface area contributed by atoms with Crippen molar-refractivity contribution >= 4 is 0 Å². The van der Waals surface area contributed by atoms with Gasteiger partial charge >= 0.3 is 0 Å². The molecule has 0 aromatic heterocycles. The van der Waals surface area contributed by atoms with E-state index in [4.69, 9.17) is 33.2 Å². The summed E-state index contributed by atoms with van der Waals surface area (Å²) in [6, 6.07) is 0. The van der Waals surface area contributed by atoms with Gasteiger partial charge in [-0.25, -0.2) is 0 Å². The Bertz CT molecular complexity index is 1770. The van der Waals surface area contributed by atoms with Gasteiger partial charge < -0.3 is 94.4 Å². The Kier molecular flexibility index (Phi) is 12.9. The second-order valence-corrected chi connectivity index (χ2v) is 23.8.